The van der Waals surface area contributed by atoms with Crippen LogP contribution in [0.4, 0.5) is 5.69 Å². The zero-order valence-electron chi connectivity index (χ0n) is 9.46. The van der Waals surface area contributed by atoms with Crippen molar-refractivity contribution in [3.63, 3.8) is 0 Å². The van der Waals surface area contributed by atoms with Gasteiger partial charge in [-0.3, -0.25) is 10.1 Å². The number of nitro benzene ring substituents is 1. The van der Waals surface area contributed by atoms with Crippen LogP contribution in [0.3, 0.4) is 0 Å². The van der Waals surface area contributed by atoms with Gasteiger partial charge in [0, 0.05) is 28.4 Å². The third kappa shape index (κ3) is 2.84. The molecular weight excluding hydrogens is 300 g/mol. The van der Waals surface area contributed by atoms with E-state index in [2.05, 4.69) is 20.9 Å². The lowest BCUT2D eigenvalue weighted by Gasteiger charge is -2.05. The van der Waals surface area contributed by atoms with E-state index in [-0.39, 0.29) is 5.69 Å². The molecule has 0 unspecified atom stereocenters. The maximum Gasteiger partial charge on any atom is 0.272 e. The van der Waals surface area contributed by atoms with Gasteiger partial charge in [0.2, 0.25) is 5.88 Å². The Hall–Kier alpha value is -1.95. The molecule has 0 aliphatic heterocycles. The molecule has 5 nitrogen and oxygen atoms in total. The number of nitrogens with zero attached hydrogens (tertiary/aromatic N) is 2. The number of aromatic nitrogens is 1. The van der Waals surface area contributed by atoms with Crippen molar-refractivity contribution in [2.24, 2.45) is 0 Å². The van der Waals surface area contributed by atoms with E-state index in [0.717, 1.165) is 4.47 Å². The molecule has 0 saturated heterocycles. The smallest absolute Gasteiger partial charge is 0.272 e. The lowest BCUT2D eigenvalue weighted by atomic mass is 10.2. The second kappa shape index (κ2) is 5.14. The van der Waals surface area contributed by atoms with Crippen LogP contribution in [0.2, 0.25) is 0 Å². The van der Waals surface area contributed by atoms with Gasteiger partial charge >= 0.3 is 0 Å². The van der Waals surface area contributed by atoms with E-state index in [1.165, 1.54) is 6.07 Å². The summed E-state index contributed by atoms with van der Waals surface area (Å²) in [5.41, 5.74) is 0.626. The normalized spacial score (nSPS) is 10.1. The van der Waals surface area contributed by atoms with Gasteiger partial charge in [0.25, 0.3) is 5.69 Å². The lowest BCUT2D eigenvalue weighted by molar-refractivity contribution is -0.385. The highest BCUT2D eigenvalue weighted by molar-refractivity contribution is 9.10. The molecule has 1 aromatic heterocycles. The molecular formula is C12H9BrN2O3. The molecule has 0 radical (unpaired) electrons. The molecule has 0 bridgehead atoms. The molecule has 1 aromatic carbocycles. The number of hydrogen-bond acceptors (Lipinski definition) is 4. The average molecular weight is 309 g/mol. The van der Waals surface area contributed by atoms with Crippen LogP contribution in [-0.4, -0.2) is 9.91 Å². The third-order valence-corrected chi connectivity index (χ3v) is 2.76. The quantitative estimate of drug-likeness (QED) is 0.638. The molecule has 1 heterocycles. The summed E-state index contributed by atoms with van der Waals surface area (Å²) in [6.07, 6.45) is 1.62. The van der Waals surface area contributed by atoms with Gasteiger partial charge in [-0.1, -0.05) is 0 Å². The summed E-state index contributed by atoms with van der Waals surface area (Å²) in [5.74, 6) is 0.958. The van der Waals surface area contributed by atoms with Crippen molar-refractivity contribution in [1.29, 1.82) is 0 Å². The van der Waals surface area contributed by atoms with Gasteiger partial charge in [-0.25, -0.2) is 4.98 Å². The van der Waals surface area contributed by atoms with E-state index in [9.17, 15) is 10.1 Å². The Balaban J connectivity index is 2.22. The Morgan fingerprint density at radius 1 is 1.33 bits per heavy atom. The Labute approximate surface area is 112 Å². The van der Waals surface area contributed by atoms with Gasteiger partial charge in [0.05, 0.1) is 4.92 Å². The minimum Gasteiger partial charge on any atom is -0.439 e. The maximum atomic E-state index is 10.7. The molecule has 0 aliphatic carbocycles. The average Bonchev–Trinajstić information content (AvgIpc) is 2.32. The maximum absolute atomic E-state index is 10.7. The summed E-state index contributed by atoms with van der Waals surface area (Å²) in [7, 11) is 0. The van der Waals surface area contributed by atoms with Crippen LogP contribution in [0.1, 0.15) is 5.56 Å². The molecule has 2 aromatic rings. The summed E-state index contributed by atoms with van der Waals surface area (Å²) in [6.45, 7) is 1.67. The van der Waals surface area contributed by atoms with Crippen LogP contribution in [0.5, 0.6) is 11.6 Å². The van der Waals surface area contributed by atoms with Crippen LogP contribution in [0.25, 0.3) is 0 Å². The van der Waals surface area contributed by atoms with Crippen molar-refractivity contribution < 1.29 is 9.66 Å². The van der Waals surface area contributed by atoms with E-state index >= 15 is 0 Å². The molecule has 6 heteroatoms. The van der Waals surface area contributed by atoms with Crippen LogP contribution in [-0.2, 0) is 0 Å². The molecule has 0 saturated carbocycles. The van der Waals surface area contributed by atoms with E-state index in [1.54, 1.807) is 37.4 Å². The summed E-state index contributed by atoms with van der Waals surface area (Å²) < 4.78 is 6.35. The fraction of sp³-hybridized carbons (Fsp3) is 0.0833. The second-order valence-corrected chi connectivity index (χ2v) is 4.54. The van der Waals surface area contributed by atoms with Crippen molar-refractivity contribution in [2.75, 3.05) is 0 Å². The molecule has 0 atom stereocenters. The molecule has 92 valence electrons. The van der Waals surface area contributed by atoms with E-state index in [4.69, 9.17) is 4.74 Å². The molecule has 2 rings (SSSR count). The van der Waals surface area contributed by atoms with Crippen molar-refractivity contribution in [3.05, 3.63) is 56.7 Å². The number of aryl methyl sites for hydroxylation is 1. The summed E-state index contributed by atoms with van der Waals surface area (Å²) in [4.78, 5) is 14.3. The highest BCUT2D eigenvalue weighted by Crippen LogP contribution is 2.26. The SMILES string of the molecule is Cc1cc(Oc2ccc(Br)cn2)ccc1[N+](=O)[O-]. The Kier molecular flexibility index (Phi) is 3.57. The molecule has 0 fully saturated rings. The van der Waals surface area contributed by atoms with Gasteiger partial charge in [0.1, 0.15) is 5.75 Å². The summed E-state index contributed by atoms with van der Waals surface area (Å²) >= 11 is 3.27. The lowest BCUT2D eigenvalue weighted by Crippen LogP contribution is -1.93. The fourth-order valence-corrected chi connectivity index (χ4v) is 1.67. The number of halogens is 1. The summed E-state index contributed by atoms with van der Waals surface area (Å²) in [5, 5.41) is 10.7. The fourth-order valence-electron chi connectivity index (χ4n) is 1.44. The zero-order chi connectivity index (χ0) is 13.1. The van der Waals surface area contributed by atoms with E-state index < -0.39 is 4.92 Å². The Morgan fingerprint density at radius 3 is 2.67 bits per heavy atom. The molecule has 0 spiro atoms. The zero-order valence-corrected chi connectivity index (χ0v) is 11.0. The minimum atomic E-state index is -0.420. The number of rotatable bonds is 3. The van der Waals surface area contributed by atoms with Crippen molar-refractivity contribution in [1.82, 2.24) is 4.98 Å². The van der Waals surface area contributed by atoms with Crippen molar-refractivity contribution in [3.8, 4) is 11.6 Å². The standard InChI is InChI=1S/C12H9BrN2O3/c1-8-6-10(3-4-11(8)15(16)17)18-12-5-2-9(13)7-14-12/h2-7H,1H3. The number of nitro groups is 1. The first-order valence-electron chi connectivity index (χ1n) is 5.11. The highest BCUT2D eigenvalue weighted by Gasteiger charge is 2.11. The monoisotopic (exact) mass is 308 g/mol. The van der Waals surface area contributed by atoms with Crippen molar-refractivity contribution >= 4 is 21.6 Å². The Morgan fingerprint density at radius 2 is 2.11 bits per heavy atom. The molecule has 0 aliphatic rings. The molecule has 0 N–H and O–H groups in total. The number of benzene rings is 1. The second-order valence-electron chi connectivity index (χ2n) is 3.62. The van der Waals surface area contributed by atoms with Crippen molar-refractivity contribution in [2.45, 2.75) is 6.92 Å². The first kappa shape index (κ1) is 12.5. The molecule has 0 amide bonds. The van der Waals surface area contributed by atoms with Crippen LogP contribution >= 0.6 is 15.9 Å². The first-order valence-corrected chi connectivity index (χ1v) is 5.90. The first-order chi connectivity index (χ1) is 8.56. The summed E-state index contributed by atoms with van der Waals surface area (Å²) in [6, 6.07) is 8.10. The minimum absolute atomic E-state index is 0.0751. The number of ether oxygens (including phenoxy) is 1. The van der Waals surface area contributed by atoms with Gasteiger partial charge in [-0.2, -0.15) is 0 Å². The topological polar surface area (TPSA) is 65.3 Å². The predicted molar refractivity (Wildman–Crippen MR) is 69.8 cm³/mol. The number of pyridine rings is 1. The van der Waals surface area contributed by atoms with Gasteiger partial charge in [-0.05, 0) is 41.1 Å². The van der Waals surface area contributed by atoms with Gasteiger partial charge in [0.15, 0.2) is 0 Å². The van der Waals surface area contributed by atoms with Crippen LogP contribution in [0, 0.1) is 17.0 Å². The van der Waals surface area contributed by atoms with Crippen LogP contribution < -0.4 is 4.74 Å². The number of hydrogen-bond donors (Lipinski definition) is 0. The van der Waals surface area contributed by atoms with E-state index in [1.807, 2.05) is 0 Å². The predicted octanol–water partition coefficient (Wildman–Crippen LogP) is 3.85. The van der Waals surface area contributed by atoms with E-state index in [0.29, 0.717) is 17.2 Å². The highest BCUT2D eigenvalue weighted by atomic mass is 79.9. The van der Waals surface area contributed by atoms with Gasteiger partial charge < -0.3 is 4.74 Å². The third-order valence-electron chi connectivity index (χ3n) is 2.29. The van der Waals surface area contributed by atoms with Crippen LogP contribution in [0.15, 0.2) is 41.0 Å². The Bertz CT molecular complexity index is 584. The van der Waals surface area contributed by atoms with Gasteiger partial charge in [-0.15, -0.1) is 0 Å². The molecule has 18 heavy (non-hydrogen) atoms. The largest absolute Gasteiger partial charge is 0.439 e.